The van der Waals surface area contributed by atoms with Crippen LogP contribution in [-0.2, 0) is 0 Å². The van der Waals surface area contributed by atoms with Crippen LogP contribution in [0.3, 0.4) is 0 Å². The van der Waals surface area contributed by atoms with Crippen LogP contribution in [0.1, 0.15) is 36.3 Å². The van der Waals surface area contributed by atoms with Crippen LogP contribution in [0.25, 0.3) is 0 Å². The van der Waals surface area contributed by atoms with Crippen molar-refractivity contribution in [3.05, 3.63) is 34.5 Å². The molecule has 0 fully saturated rings. The van der Waals surface area contributed by atoms with Crippen LogP contribution in [-0.4, -0.2) is 4.98 Å². The van der Waals surface area contributed by atoms with Gasteiger partial charge in [0.2, 0.25) is 0 Å². The molecule has 4 heteroatoms. The summed E-state index contributed by atoms with van der Waals surface area (Å²) in [6.07, 6.45) is 1.42. The minimum absolute atomic E-state index is 0.370. The number of hydrogen-bond donors (Lipinski definition) is 0. The third kappa shape index (κ3) is 1.32. The van der Waals surface area contributed by atoms with Gasteiger partial charge in [-0.1, -0.05) is 11.2 Å². The molecule has 68 valence electrons. The van der Waals surface area contributed by atoms with Gasteiger partial charge in [-0.05, 0) is 18.9 Å². The van der Waals surface area contributed by atoms with Crippen LogP contribution in [0.4, 0.5) is 4.39 Å². The van der Waals surface area contributed by atoms with E-state index in [2.05, 4.69) is 10.2 Å². The SMILES string of the molecule is O=NC1CC[C@H](F)c2cccnc21. The molecule has 0 bridgehead atoms. The Morgan fingerprint density at radius 2 is 2.38 bits per heavy atom. The highest BCUT2D eigenvalue weighted by molar-refractivity contribution is 5.27. The summed E-state index contributed by atoms with van der Waals surface area (Å²) in [6, 6.07) is 2.89. The molecule has 0 N–H and O–H groups in total. The van der Waals surface area contributed by atoms with E-state index in [1.165, 1.54) is 0 Å². The molecule has 1 unspecified atom stereocenters. The Morgan fingerprint density at radius 1 is 1.54 bits per heavy atom. The largest absolute Gasteiger partial charge is 0.258 e. The van der Waals surface area contributed by atoms with E-state index in [0.717, 1.165) is 0 Å². The molecule has 0 aliphatic heterocycles. The summed E-state index contributed by atoms with van der Waals surface area (Å²) in [5.74, 6) is 0. The van der Waals surface area contributed by atoms with Crippen molar-refractivity contribution < 1.29 is 4.39 Å². The summed E-state index contributed by atoms with van der Waals surface area (Å²) >= 11 is 0. The second kappa shape index (κ2) is 3.20. The summed E-state index contributed by atoms with van der Waals surface area (Å²) in [5, 5.41) is 2.94. The lowest BCUT2D eigenvalue weighted by Gasteiger charge is -2.21. The average Bonchev–Trinajstić information content (AvgIpc) is 2.19. The van der Waals surface area contributed by atoms with Crippen LogP contribution in [0.2, 0.25) is 0 Å². The average molecular weight is 180 g/mol. The Labute approximate surface area is 75.0 Å². The third-order valence-electron chi connectivity index (χ3n) is 2.35. The van der Waals surface area contributed by atoms with E-state index in [9.17, 15) is 9.30 Å². The monoisotopic (exact) mass is 180 g/mol. The highest BCUT2D eigenvalue weighted by Gasteiger charge is 2.28. The van der Waals surface area contributed by atoms with Gasteiger partial charge in [-0.25, -0.2) is 4.39 Å². The lowest BCUT2D eigenvalue weighted by atomic mass is 9.91. The molecule has 1 heterocycles. The van der Waals surface area contributed by atoms with Crippen molar-refractivity contribution in [1.82, 2.24) is 4.98 Å². The molecule has 1 aromatic heterocycles. The zero-order valence-electron chi connectivity index (χ0n) is 6.98. The van der Waals surface area contributed by atoms with Gasteiger partial charge in [0.05, 0.1) is 5.69 Å². The van der Waals surface area contributed by atoms with Crippen molar-refractivity contribution in [3.63, 3.8) is 0 Å². The summed E-state index contributed by atoms with van der Waals surface area (Å²) < 4.78 is 13.3. The fourth-order valence-electron chi connectivity index (χ4n) is 1.67. The van der Waals surface area contributed by atoms with Gasteiger partial charge >= 0.3 is 0 Å². The summed E-state index contributed by atoms with van der Waals surface area (Å²) in [6.45, 7) is 0. The van der Waals surface area contributed by atoms with Crippen LogP contribution in [0, 0.1) is 4.91 Å². The number of nitroso groups, excluding NO2 is 1. The van der Waals surface area contributed by atoms with Crippen molar-refractivity contribution in [3.8, 4) is 0 Å². The van der Waals surface area contributed by atoms with Gasteiger partial charge in [-0.3, -0.25) is 4.98 Å². The molecule has 1 aliphatic carbocycles. The first kappa shape index (κ1) is 8.29. The Bertz CT molecular complexity index is 329. The topological polar surface area (TPSA) is 42.3 Å². The molecular weight excluding hydrogens is 171 g/mol. The maximum absolute atomic E-state index is 13.3. The smallest absolute Gasteiger partial charge is 0.134 e. The normalized spacial score (nSPS) is 26.5. The van der Waals surface area contributed by atoms with E-state index in [-0.39, 0.29) is 0 Å². The molecule has 1 aromatic rings. The van der Waals surface area contributed by atoms with Gasteiger partial charge < -0.3 is 0 Å². The molecule has 2 rings (SSSR count). The Kier molecular flexibility index (Phi) is 2.04. The van der Waals surface area contributed by atoms with Gasteiger partial charge in [-0.2, -0.15) is 4.91 Å². The molecule has 0 spiro atoms. The quantitative estimate of drug-likeness (QED) is 0.623. The number of alkyl halides is 1. The molecule has 2 atom stereocenters. The number of halogens is 1. The van der Waals surface area contributed by atoms with Crippen LogP contribution in [0.5, 0.6) is 0 Å². The Morgan fingerprint density at radius 3 is 3.15 bits per heavy atom. The molecule has 13 heavy (non-hydrogen) atoms. The first-order valence-electron chi connectivity index (χ1n) is 4.24. The molecule has 1 aliphatic rings. The predicted molar refractivity (Wildman–Crippen MR) is 45.9 cm³/mol. The first-order valence-corrected chi connectivity index (χ1v) is 4.24. The summed E-state index contributed by atoms with van der Waals surface area (Å²) in [4.78, 5) is 14.4. The van der Waals surface area contributed by atoms with E-state index >= 15 is 0 Å². The number of pyridine rings is 1. The second-order valence-electron chi connectivity index (χ2n) is 3.14. The fraction of sp³-hybridized carbons (Fsp3) is 0.444. The maximum atomic E-state index is 13.3. The zero-order valence-corrected chi connectivity index (χ0v) is 6.98. The fourth-order valence-corrected chi connectivity index (χ4v) is 1.67. The van der Waals surface area contributed by atoms with Crippen molar-refractivity contribution in [2.75, 3.05) is 0 Å². The van der Waals surface area contributed by atoms with Crippen LogP contribution in [0.15, 0.2) is 23.5 Å². The first-order chi connectivity index (χ1) is 6.33. The van der Waals surface area contributed by atoms with E-state index in [4.69, 9.17) is 0 Å². The van der Waals surface area contributed by atoms with E-state index in [1.54, 1.807) is 18.3 Å². The van der Waals surface area contributed by atoms with Crippen molar-refractivity contribution in [2.45, 2.75) is 25.1 Å². The second-order valence-corrected chi connectivity index (χ2v) is 3.14. The van der Waals surface area contributed by atoms with E-state index < -0.39 is 12.2 Å². The predicted octanol–water partition coefficient (Wildman–Crippen LogP) is 2.69. The number of fused-ring (bicyclic) bond motifs is 1. The van der Waals surface area contributed by atoms with Crippen LogP contribution < -0.4 is 0 Å². The molecular formula is C9H9FN2O. The number of aromatic nitrogens is 1. The Hall–Kier alpha value is -1.32. The van der Waals surface area contributed by atoms with Gasteiger partial charge in [0, 0.05) is 11.8 Å². The lowest BCUT2D eigenvalue weighted by molar-refractivity contribution is 0.285. The number of hydrogen-bond acceptors (Lipinski definition) is 3. The molecule has 0 amide bonds. The molecule has 0 radical (unpaired) electrons. The highest BCUT2D eigenvalue weighted by atomic mass is 19.1. The minimum Gasteiger partial charge on any atom is -0.258 e. The molecule has 0 saturated carbocycles. The maximum Gasteiger partial charge on any atom is 0.134 e. The standard InChI is InChI=1S/C9H9FN2O/c10-7-3-4-8(12-13)9-6(7)2-1-5-11-9/h1-2,5,7-8H,3-4H2/t7-,8?/m0/s1. The van der Waals surface area contributed by atoms with Gasteiger partial charge in [0.25, 0.3) is 0 Å². The van der Waals surface area contributed by atoms with Crippen LogP contribution >= 0.6 is 0 Å². The zero-order chi connectivity index (χ0) is 9.26. The third-order valence-corrected chi connectivity index (χ3v) is 2.35. The van der Waals surface area contributed by atoms with E-state index in [1.807, 2.05) is 0 Å². The number of rotatable bonds is 1. The van der Waals surface area contributed by atoms with E-state index in [0.29, 0.717) is 24.1 Å². The lowest BCUT2D eigenvalue weighted by Crippen LogP contribution is -2.11. The van der Waals surface area contributed by atoms with Gasteiger partial charge in [-0.15, -0.1) is 0 Å². The van der Waals surface area contributed by atoms with Crippen molar-refractivity contribution >= 4 is 0 Å². The minimum atomic E-state index is -0.985. The van der Waals surface area contributed by atoms with Gasteiger partial charge in [0.1, 0.15) is 12.2 Å². The van der Waals surface area contributed by atoms with Gasteiger partial charge in [0.15, 0.2) is 0 Å². The highest BCUT2D eigenvalue weighted by Crippen LogP contribution is 2.38. The van der Waals surface area contributed by atoms with Crippen molar-refractivity contribution in [2.24, 2.45) is 5.18 Å². The Balaban J connectivity index is 2.47. The summed E-state index contributed by atoms with van der Waals surface area (Å²) in [7, 11) is 0. The summed E-state index contributed by atoms with van der Waals surface area (Å²) in [5.41, 5.74) is 1.04. The molecule has 0 aromatic carbocycles. The molecule has 3 nitrogen and oxygen atoms in total. The number of nitrogens with zero attached hydrogens (tertiary/aromatic N) is 2. The van der Waals surface area contributed by atoms with Crippen molar-refractivity contribution in [1.29, 1.82) is 0 Å². The molecule has 0 saturated heterocycles.